The Labute approximate surface area is 120 Å². The van der Waals surface area contributed by atoms with Crippen molar-refractivity contribution in [1.29, 1.82) is 0 Å². The maximum Gasteiger partial charge on any atom is 0.310 e. The van der Waals surface area contributed by atoms with Crippen LogP contribution >= 0.6 is 27.3 Å². The van der Waals surface area contributed by atoms with Crippen LogP contribution in [0.1, 0.15) is 24.6 Å². The van der Waals surface area contributed by atoms with Crippen LogP contribution in [0.5, 0.6) is 0 Å². The predicted molar refractivity (Wildman–Crippen MR) is 76.7 cm³/mol. The van der Waals surface area contributed by atoms with E-state index in [0.29, 0.717) is 6.61 Å². The second-order valence-electron chi connectivity index (χ2n) is 4.56. The number of piperidine rings is 1. The van der Waals surface area contributed by atoms with Gasteiger partial charge in [-0.15, -0.1) is 11.3 Å². The molecule has 0 amide bonds. The van der Waals surface area contributed by atoms with Gasteiger partial charge in [-0.05, 0) is 48.3 Å². The lowest BCUT2D eigenvalue weighted by molar-refractivity contribution is -0.150. The number of nitrogens with zero attached hydrogens (tertiary/aromatic N) is 1. The van der Waals surface area contributed by atoms with Crippen molar-refractivity contribution in [3.8, 4) is 0 Å². The molecule has 1 saturated heterocycles. The van der Waals surface area contributed by atoms with Gasteiger partial charge >= 0.3 is 5.97 Å². The van der Waals surface area contributed by atoms with Crippen molar-refractivity contribution in [3.05, 3.63) is 20.8 Å². The van der Waals surface area contributed by atoms with Crippen molar-refractivity contribution in [2.45, 2.75) is 26.3 Å². The first-order valence-electron chi connectivity index (χ1n) is 6.31. The summed E-state index contributed by atoms with van der Waals surface area (Å²) in [6.45, 7) is 5.18. The van der Waals surface area contributed by atoms with E-state index in [1.165, 1.54) is 4.88 Å². The van der Waals surface area contributed by atoms with Gasteiger partial charge in [0.2, 0.25) is 0 Å². The molecule has 0 spiro atoms. The molecule has 2 rings (SSSR count). The van der Waals surface area contributed by atoms with Crippen LogP contribution in [0.25, 0.3) is 0 Å². The topological polar surface area (TPSA) is 29.5 Å². The number of hydrogen-bond acceptors (Lipinski definition) is 4. The van der Waals surface area contributed by atoms with Gasteiger partial charge in [0, 0.05) is 27.8 Å². The Hall–Kier alpha value is -0.390. The second kappa shape index (κ2) is 6.68. The largest absolute Gasteiger partial charge is 0.466 e. The predicted octanol–water partition coefficient (Wildman–Crippen LogP) is 3.29. The highest BCUT2D eigenvalue weighted by Gasteiger charge is 2.26. The Morgan fingerprint density at radius 1 is 1.67 bits per heavy atom. The molecule has 3 nitrogen and oxygen atoms in total. The van der Waals surface area contributed by atoms with E-state index >= 15 is 0 Å². The van der Waals surface area contributed by atoms with Gasteiger partial charge in [-0.2, -0.15) is 0 Å². The monoisotopic (exact) mass is 331 g/mol. The molecule has 0 aliphatic carbocycles. The van der Waals surface area contributed by atoms with Crippen LogP contribution in [0, 0.1) is 5.92 Å². The fraction of sp³-hybridized carbons (Fsp3) is 0.615. The third kappa shape index (κ3) is 3.80. The number of carbonyl (C=O) groups excluding carboxylic acids is 1. The van der Waals surface area contributed by atoms with Crippen molar-refractivity contribution in [2.24, 2.45) is 5.92 Å². The number of esters is 1. The quantitative estimate of drug-likeness (QED) is 0.793. The Bertz CT molecular complexity index is 407. The number of hydrogen-bond donors (Lipinski definition) is 0. The molecule has 18 heavy (non-hydrogen) atoms. The van der Waals surface area contributed by atoms with Gasteiger partial charge in [0.25, 0.3) is 0 Å². The van der Waals surface area contributed by atoms with E-state index in [9.17, 15) is 4.79 Å². The van der Waals surface area contributed by atoms with Crippen molar-refractivity contribution < 1.29 is 9.53 Å². The summed E-state index contributed by atoms with van der Waals surface area (Å²) in [6, 6.07) is 2.15. The smallest absolute Gasteiger partial charge is 0.310 e. The minimum atomic E-state index is -0.0328. The Kier molecular flexibility index (Phi) is 5.21. The van der Waals surface area contributed by atoms with Crippen LogP contribution in [-0.2, 0) is 16.1 Å². The van der Waals surface area contributed by atoms with Crippen LogP contribution < -0.4 is 0 Å². The maximum absolute atomic E-state index is 11.7. The Balaban J connectivity index is 1.88. The average Bonchev–Trinajstić information content (AvgIpc) is 2.75. The molecule has 1 aliphatic heterocycles. The molecule has 0 unspecified atom stereocenters. The highest BCUT2D eigenvalue weighted by Crippen LogP contribution is 2.24. The number of likely N-dealkylation sites (tertiary alicyclic amines) is 1. The summed E-state index contributed by atoms with van der Waals surface area (Å²) in [4.78, 5) is 15.4. The van der Waals surface area contributed by atoms with E-state index in [1.807, 2.05) is 6.92 Å². The zero-order valence-corrected chi connectivity index (χ0v) is 12.9. The zero-order valence-electron chi connectivity index (χ0n) is 10.5. The zero-order chi connectivity index (χ0) is 13.0. The second-order valence-corrected chi connectivity index (χ2v) is 6.47. The van der Waals surface area contributed by atoms with Crippen LogP contribution in [0.2, 0.25) is 0 Å². The number of ether oxygens (including phenoxy) is 1. The van der Waals surface area contributed by atoms with Crippen LogP contribution in [0.15, 0.2) is 15.9 Å². The van der Waals surface area contributed by atoms with Crippen LogP contribution in [0.3, 0.4) is 0 Å². The van der Waals surface area contributed by atoms with E-state index in [0.717, 1.165) is 36.9 Å². The van der Waals surface area contributed by atoms with Gasteiger partial charge < -0.3 is 4.74 Å². The van der Waals surface area contributed by atoms with Crippen LogP contribution in [-0.4, -0.2) is 30.6 Å². The summed E-state index contributed by atoms with van der Waals surface area (Å²) in [7, 11) is 0. The molecule has 1 aromatic rings. The third-order valence-electron chi connectivity index (χ3n) is 3.13. The molecule has 1 aliphatic rings. The fourth-order valence-electron chi connectivity index (χ4n) is 2.31. The van der Waals surface area contributed by atoms with E-state index < -0.39 is 0 Å². The number of halogens is 1. The lowest BCUT2D eigenvalue weighted by Crippen LogP contribution is -2.38. The normalized spacial score (nSPS) is 20.9. The molecule has 100 valence electrons. The fourth-order valence-corrected chi connectivity index (χ4v) is 3.80. The maximum atomic E-state index is 11.7. The van der Waals surface area contributed by atoms with Crippen molar-refractivity contribution in [2.75, 3.05) is 19.7 Å². The first-order valence-corrected chi connectivity index (χ1v) is 7.98. The SMILES string of the molecule is CCOC(=O)[C@H]1CCCN(Cc2cc(Br)cs2)C1. The number of rotatable bonds is 4. The first kappa shape index (κ1) is 14.0. The molecule has 1 atom stereocenters. The lowest BCUT2D eigenvalue weighted by Gasteiger charge is -2.31. The highest BCUT2D eigenvalue weighted by atomic mass is 79.9. The van der Waals surface area contributed by atoms with E-state index in [2.05, 4.69) is 32.3 Å². The molecule has 0 N–H and O–H groups in total. The number of thiophene rings is 1. The van der Waals surface area contributed by atoms with Gasteiger partial charge in [-0.3, -0.25) is 9.69 Å². The molecule has 1 aromatic heterocycles. The minimum Gasteiger partial charge on any atom is -0.466 e. The molecule has 0 aromatic carbocycles. The molecule has 0 saturated carbocycles. The summed E-state index contributed by atoms with van der Waals surface area (Å²) in [5, 5.41) is 2.10. The van der Waals surface area contributed by atoms with Gasteiger partial charge in [0.05, 0.1) is 12.5 Å². The molecule has 5 heteroatoms. The first-order chi connectivity index (χ1) is 8.69. The summed E-state index contributed by atoms with van der Waals surface area (Å²) in [6.07, 6.45) is 2.04. The molecular formula is C13H18BrNO2S. The summed E-state index contributed by atoms with van der Waals surface area (Å²) in [5.41, 5.74) is 0. The molecule has 0 bridgehead atoms. The van der Waals surface area contributed by atoms with Gasteiger partial charge in [0.1, 0.15) is 0 Å². The van der Waals surface area contributed by atoms with Crippen molar-refractivity contribution in [1.82, 2.24) is 4.90 Å². The standard InChI is InChI=1S/C13H18BrNO2S/c1-2-17-13(16)10-4-3-5-15(7-10)8-12-6-11(14)9-18-12/h6,9-10H,2-5,7-8H2,1H3/t10-/m0/s1. The van der Waals surface area contributed by atoms with Crippen LogP contribution in [0.4, 0.5) is 0 Å². The lowest BCUT2D eigenvalue weighted by atomic mass is 9.98. The van der Waals surface area contributed by atoms with Gasteiger partial charge in [-0.1, -0.05) is 0 Å². The minimum absolute atomic E-state index is 0.0328. The summed E-state index contributed by atoms with van der Waals surface area (Å²) in [5.74, 6) is 0.0247. The van der Waals surface area contributed by atoms with Gasteiger partial charge in [-0.25, -0.2) is 0 Å². The van der Waals surface area contributed by atoms with E-state index in [4.69, 9.17) is 4.74 Å². The third-order valence-corrected chi connectivity index (χ3v) is 4.81. The molecule has 2 heterocycles. The average molecular weight is 332 g/mol. The van der Waals surface area contributed by atoms with E-state index in [1.54, 1.807) is 11.3 Å². The van der Waals surface area contributed by atoms with Crippen molar-refractivity contribution >= 4 is 33.2 Å². The molecule has 1 fully saturated rings. The Morgan fingerprint density at radius 2 is 2.50 bits per heavy atom. The molecular weight excluding hydrogens is 314 g/mol. The summed E-state index contributed by atoms with van der Waals surface area (Å²) >= 11 is 5.23. The van der Waals surface area contributed by atoms with Gasteiger partial charge in [0.15, 0.2) is 0 Å². The number of carbonyl (C=O) groups is 1. The summed E-state index contributed by atoms with van der Waals surface area (Å²) < 4.78 is 6.25. The van der Waals surface area contributed by atoms with E-state index in [-0.39, 0.29) is 11.9 Å². The Morgan fingerprint density at radius 3 is 3.17 bits per heavy atom. The van der Waals surface area contributed by atoms with Crippen molar-refractivity contribution in [3.63, 3.8) is 0 Å². The molecule has 0 radical (unpaired) electrons. The highest BCUT2D eigenvalue weighted by molar-refractivity contribution is 9.10.